The zero-order valence-corrected chi connectivity index (χ0v) is 17.7. The van der Waals surface area contributed by atoms with Crippen molar-refractivity contribution in [3.63, 3.8) is 0 Å². The highest BCUT2D eigenvalue weighted by atomic mass is 14.9. The van der Waals surface area contributed by atoms with E-state index in [2.05, 4.69) is 68.8 Å². The minimum absolute atomic E-state index is 0.171. The van der Waals surface area contributed by atoms with Crippen molar-refractivity contribution in [3.8, 4) is 0 Å². The summed E-state index contributed by atoms with van der Waals surface area (Å²) in [4.78, 5) is 0. The van der Waals surface area contributed by atoms with Crippen LogP contribution in [-0.2, 0) is 5.41 Å². The summed E-state index contributed by atoms with van der Waals surface area (Å²) in [5.41, 5.74) is 7.18. The summed E-state index contributed by atoms with van der Waals surface area (Å²) in [6.45, 7) is 16.9. The molecule has 0 spiro atoms. The molecule has 0 bridgehead atoms. The smallest absolute Gasteiger partial charge is 0.0299 e. The number of nitrogens with one attached hydrogen (secondary N) is 2. The number of allylic oxidation sites excluding steroid dienone is 2. The minimum atomic E-state index is 0.171. The first-order chi connectivity index (χ1) is 13.0. The molecular weight excluding hydrogens is 328 g/mol. The minimum Gasteiger partial charge on any atom is -0.391 e. The molecule has 0 heterocycles. The molecule has 2 heteroatoms. The van der Waals surface area contributed by atoms with Gasteiger partial charge in [-0.3, -0.25) is 0 Å². The van der Waals surface area contributed by atoms with E-state index in [1.165, 1.54) is 48.0 Å². The van der Waals surface area contributed by atoms with Crippen LogP contribution in [0.5, 0.6) is 0 Å². The summed E-state index contributed by atoms with van der Waals surface area (Å²) in [6.07, 6.45) is 10.2. The van der Waals surface area contributed by atoms with Crippen molar-refractivity contribution in [1.29, 1.82) is 0 Å². The van der Waals surface area contributed by atoms with E-state index in [0.717, 1.165) is 38.0 Å². The highest BCUT2D eigenvalue weighted by molar-refractivity contribution is 5.35. The Morgan fingerprint density at radius 2 is 1.81 bits per heavy atom. The zero-order chi connectivity index (χ0) is 19.7. The van der Waals surface area contributed by atoms with Crippen LogP contribution in [0.4, 0.5) is 0 Å². The van der Waals surface area contributed by atoms with Gasteiger partial charge in [-0.2, -0.15) is 0 Å². The molecular formula is C25H38N2. The van der Waals surface area contributed by atoms with Crippen molar-refractivity contribution >= 4 is 0 Å². The van der Waals surface area contributed by atoms with Gasteiger partial charge in [0.05, 0.1) is 0 Å². The lowest BCUT2D eigenvalue weighted by atomic mass is 9.71. The topological polar surface area (TPSA) is 24.1 Å². The van der Waals surface area contributed by atoms with Crippen LogP contribution in [0.2, 0.25) is 0 Å². The maximum Gasteiger partial charge on any atom is 0.0299 e. The predicted molar refractivity (Wildman–Crippen MR) is 119 cm³/mol. The van der Waals surface area contributed by atoms with Crippen molar-refractivity contribution in [2.45, 2.75) is 71.1 Å². The average molecular weight is 367 g/mol. The van der Waals surface area contributed by atoms with Gasteiger partial charge < -0.3 is 10.6 Å². The summed E-state index contributed by atoms with van der Waals surface area (Å²) < 4.78 is 0. The molecule has 1 atom stereocenters. The quantitative estimate of drug-likeness (QED) is 0.459. The van der Waals surface area contributed by atoms with E-state index in [-0.39, 0.29) is 5.41 Å². The first-order valence-electron chi connectivity index (χ1n) is 10.6. The number of aryl methyl sites for hydroxylation is 1. The lowest BCUT2D eigenvalue weighted by Crippen LogP contribution is -2.34. The molecule has 2 rings (SSSR count). The Morgan fingerprint density at radius 3 is 2.48 bits per heavy atom. The lowest BCUT2D eigenvalue weighted by Gasteiger charge is -2.35. The molecule has 1 aliphatic carbocycles. The summed E-state index contributed by atoms with van der Waals surface area (Å²) in [7, 11) is 0. The predicted octanol–water partition coefficient (Wildman–Crippen LogP) is 6.15. The third-order valence-electron chi connectivity index (χ3n) is 6.34. The van der Waals surface area contributed by atoms with Crippen molar-refractivity contribution in [2.24, 2.45) is 0 Å². The van der Waals surface area contributed by atoms with E-state index < -0.39 is 0 Å². The SMILES string of the molecule is C=CNCCC(CC)(CCNC(=C)C1=C(C)CCCC1)c1ccccc1C. The van der Waals surface area contributed by atoms with Gasteiger partial charge in [0.1, 0.15) is 0 Å². The van der Waals surface area contributed by atoms with Gasteiger partial charge in [0, 0.05) is 18.8 Å². The third-order valence-corrected chi connectivity index (χ3v) is 6.34. The maximum atomic E-state index is 4.35. The second-order valence-electron chi connectivity index (χ2n) is 7.98. The Hall–Kier alpha value is -1.96. The van der Waals surface area contributed by atoms with Crippen molar-refractivity contribution in [1.82, 2.24) is 10.6 Å². The molecule has 148 valence electrons. The van der Waals surface area contributed by atoms with Gasteiger partial charge in [0.25, 0.3) is 0 Å². The number of hydrogen-bond acceptors (Lipinski definition) is 2. The number of hydrogen-bond donors (Lipinski definition) is 2. The van der Waals surface area contributed by atoms with Gasteiger partial charge in [0.15, 0.2) is 0 Å². The largest absolute Gasteiger partial charge is 0.391 e. The molecule has 0 saturated heterocycles. The van der Waals surface area contributed by atoms with E-state index in [0.29, 0.717) is 0 Å². The molecule has 0 amide bonds. The standard InChI is InChI=1S/C25H38N2/c1-6-25(16-18-26-7-2,24-15-11-9-13-21(24)4)17-19-27-22(5)23-14-10-8-12-20(23)3/h7,9,11,13,15,26-27H,2,5-6,8,10,12,14,16-19H2,1,3-4H3. The van der Waals surface area contributed by atoms with Crippen molar-refractivity contribution in [2.75, 3.05) is 13.1 Å². The Bertz CT molecular complexity index is 671. The number of benzene rings is 1. The average Bonchev–Trinajstić information content (AvgIpc) is 2.67. The number of rotatable bonds is 11. The third kappa shape index (κ3) is 5.51. The van der Waals surface area contributed by atoms with E-state index in [9.17, 15) is 0 Å². The zero-order valence-electron chi connectivity index (χ0n) is 17.7. The van der Waals surface area contributed by atoms with E-state index in [1.807, 2.05) is 0 Å². The molecule has 1 unspecified atom stereocenters. The van der Waals surface area contributed by atoms with Crippen molar-refractivity contribution in [3.05, 3.63) is 71.6 Å². The van der Waals surface area contributed by atoms with Gasteiger partial charge in [-0.1, -0.05) is 49.9 Å². The van der Waals surface area contributed by atoms with Gasteiger partial charge >= 0.3 is 0 Å². The van der Waals surface area contributed by atoms with Crippen LogP contribution < -0.4 is 10.6 Å². The van der Waals surface area contributed by atoms with Crippen molar-refractivity contribution < 1.29 is 0 Å². The Balaban J connectivity index is 2.11. The molecule has 0 saturated carbocycles. The molecule has 0 radical (unpaired) electrons. The molecule has 27 heavy (non-hydrogen) atoms. The van der Waals surface area contributed by atoms with Crippen LogP contribution in [0.1, 0.15) is 69.9 Å². The van der Waals surface area contributed by atoms with Crippen LogP contribution in [0, 0.1) is 6.92 Å². The summed E-state index contributed by atoms with van der Waals surface area (Å²) in [5.74, 6) is 0. The second-order valence-corrected chi connectivity index (χ2v) is 7.98. The van der Waals surface area contributed by atoms with Gasteiger partial charge in [0.2, 0.25) is 0 Å². The Labute approximate surface area is 166 Å². The van der Waals surface area contributed by atoms with Crippen LogP contribution in [0.15, 0.2) is 60.5 Å². The normalized spacial score (nSPS) is 16.6. The molecule has 2 nitrogen and oxygen atoms in total. The highest BCUT2D eigenvalue weighted by Gasteiger charge is 2.30. The van der Waals surface area contributed by atoms with Crippen LogP contribution in [0.25, 0.3) is 0 Å². The fraction of sp³-hybridized carbons (Fsp3) is 0.520. The van der Waals surface area contributed by atoms with Crippen LogP contribution in [0.3, 0.4) is 0 Å². The summed E-state index contributed by atoms with van der Waals surface area (Å²) in [5, 5.41) is 6.96. The lowest BCUT2D eigenvalue weighted by molar-refractivity contribution is 0.345. The monoisotopic (exact) mass is 366 g/mol. The fourth-order valence-electron chi connectivity index (χ4n) is 4.54. The first-order valence-corrected chi connectivity index (χ1v) is 10.6. The molecule has 1 aromatic carbocycles. The van der Waals surface area contributed by atoms with E-state index in [4.69, 9.17) is 0 Å². The highest BCUT2D eigenvalue weighted by Crippen LogP contribution is 2.37. The summed E-state index contributed by atoms with van der Waals surface area (Å²) >= 11 is 0. The molecule has 1 aromatic rings. The molecule has 0 fully saturated rings. The molecule has 0 aliphatic heterocycles. The van der Waals surface area contributed by atoms with E-state index in [1.54, 1.807) is 6.20 Å². The Kier molecular flexibility index (Phi) is 8.22. The first kappa shape index (κ1) is 21.3. The van der Waals surface area contributed by atoms with Gasteiger partial charge in [-0.15, -0.1) is 0 Å². The maximum absolute atomic E-state index is 4.35. The second kappa shape index (κ2) is 10.4. The Morgan fingerprint density at radius 1 is 1.11 bits per heavy atom. The fourth-order valence-corrected chi connectivity index (χ4v) is 4.54. The molecule has 1 aliphatic rings. The van der Waals surface area contributed by atoms with Crippen LogP contribution >= 0.6 is 0 Å². The van der Waals surface area contributed by atoms with Gasteiger partial charge in [-0.25, -0.2) is 0 Å². The van der Waals surface area contributed by atoms with Gasteiger partial charge in [-0.05, 0) is 87.1 Å². The van der Waals surface area contributed by atoms with Crippen LogP contribution in [-0.4, -0.2) is 13.1 Å². The molecule has 2 N–H and O–H groups in total. The molecule has 0 aromatic heterocycles. The summed E-state index contributed by atoms with van der Waals surface area (Å²) in [6, 6.07) is 8.87. The van der Waals surface area contributed by atoms with E-state index >= 15 is 0 Å².